The van der Waals surface area contributed by atoms with Gasteiger partial charge in [-0.1, -0.05) is 12.1 Å². The summed E-state index contributed by atoms with van der Waals surface area (Å²) in [4.78, 5) is 12.2. The lowest BCUT2D eigenvalue weighted by Crippen LogP contribution is -2.67. The van der Waals surface area contributed by atoms with Gasteiger partial charge in [-0.05, 0) is 75.3 Å². The maximum absolute atomic E-state index is 16.4. The molecule has 2 aromatic carbocycles. The number of aromatic nitrogens is 3. The highest BCUT2D eigenvalue weighted by Gasteiger charge is 2.73. The van der Waals surface area contributed by atoms with Crippen LogP contribution in [-0.2, 0) is 31.5 Å². The summed E-state index contributed by atoms with van der Waals surface area (Å²) >= 11 is 1.11. The van der Waals surface area contributed by atoms with Gasteiger partial charge in [-0.25, -0.2) is 49.3 Å². The van der Waals surface area contributed by atoms with Crippen LogP contribution in [0.3, 0.4) is 0 Å². The largest absolute Gasteiger partial charge is 0.417 e. The van der Waals surface area contributed by atoms with E-state index in [1.807, 2.05) is 0 Å². The molecule has 0 saturated heterocycles. The number of nitrogens with one attached hydrogen (secondary N) is 2. The molecule has 4 aliphatic carbocycles. The predicted molar refractivity (Wildman–Crippen MR) is 179 cm³/mol. The third kappa shape index (κ3) is 6.41. The average molecular weight is 790 g/mol. The van der Waals surface area contributed by atoms with Gasteiger partial charge in [0.1, 0.15) is 25.6 Å². The second-order valence-corrected chi connectivity index (χ2v) is 18.7. The Morgan fingerprint density at radius 2 is 1.60 bits per heavy atom. The molecule has 4 saturated carbocycles. The van der Waals surface area contributed by atoms with E-state index in [-0.39, 0.29) is 48.2 Å². The Kier molecular flexibility index (Phi) is 8.88. The molecule has 19 heteroatoms. The second-order valence-electron chi connectivity index (χ2n) is 13.8. The Hall–Kier alpha value is -3.84. The number of alkyl halides is 5. The first-order valence-electron chi connectivity index (χ1n) is 16.1. The highest BCUT2D eigenvalue weighted by Crippen LogP contribution is 2.76. The fraction of sp³-hybridized carbons (Fsp3) is 0.424. The molecule has 9 nitrogen and oxygen atoms in total. The first-order valence-corrected chi connectivity index (χ1v) is 20.3. The summed E-state index contributed by atoms with van der Waals surface area (Å²) in [6, 6.07) is 6.47. The number of hydrogen-bond donors (Lipinski definition) is 2. The summed E-state index contributed by atoms with van der Waals surface area (Å²) in [5, 5.41) is 3.21. The summed E-state index contributed by atoms with van der Waals surface area (Å²) in [5.74, 6) is -2.73. The van der Waals surface area contributed by atoms with E-state index in [1.165, 1.54) is 30.7 Å². The van der Waals surface area contributed by atoms with Crippen LogP contribution >= 0.6 is 11.3 Å². The molecule has 2 bridgehead atoms. The fourth-order valence-electron chi connectivity index (χ4n) is 7.60. The number of nitrogens with zero attached hydrogens (tertiary/aromatic N) is 3. The monoisotopic (exact) mass is 789 g/mol. The van der Waals surface area contributed by atoms with Crippen LogP contribution in [0.15, 0.2) is 53.6 Å². The van der Waals surface area contributed by atoms with Crippen molar-refractivity contribution in [2.75, 3.05) is 16.3 Å². The van der Waals surface area contributed by atoms with Gasteiger partial charge in [-0.2, -0.15) is 13.2 Å². The van der Waals surface area contributed by atoms with Gasteiger partial charge in [0.05, 0.1) is 32.8 Å². The average Bonchev–Trinajstić information content (AvgIpc) is 3.45. The maximum Gasteiger partial charge on any atom is 0.417 e. The van der Waals surface area contributed by atoms with Gasteiger partial charge >= 0.3 is 6.18 Å². The van der Waals surface area contributed by atoms with E-state index in [1.54, 1.807) is 4.72 Å². The molecule has 0 spiro atoms. The van der Waals surface area contributed by atoms with E-state index in [0.717, 1.165) is 17.4 Å². The number of halogens is 7. The van der Waals surface area contributed by atoms with Crippen molar-refractivity contribution in [2.24, 2.45) is 5.41 Å². The Bertz CT molecular complexity index is 2260. The van der Waals surface area contributed by atoms with Crippen molar-refractivity contribution in [3.8, 4) is 21.8 Å². The van der Waals surface area contributed by atoms with E-state index in [0.29, 0.717) is 53.8 Å². The number of sulfone groups is 1. The molecule has 278 valence electrons. The van der Waals surface area contributed by atoms with Gasteiger partial charge in [0.25, 0.3) is 10.0 Å². The molecule has 0 amide bonds. The first-order chi connectivity index (χ1) is 24.3. The van der Waals surface area contributed by atoms with Crippen molar-refractivity contribution in [1.29, 1.82) is 0 Å². The summed E-state index contributed by atoms with van der Waals surface area (Å²) in [6.07, 6.45) is -2.62. The van der Waals surface area contributed by atoms with Crippen molar-refractivity contribution in [3.05, 3.63) is 70.9 Å². The molecule has 4 aliphatic rings. The molecule has 2 aromatic heterocycles. The molecule has 2 N–H and O–H groups in total. The number of rotatable bonds is 10. The van der Waals surface area contributed by atoms with Crippen LogP contribution < -0.4 is 10.0 Å². The van der Waals surface area contributed by atoms with Crippen LogP contribution in [0.4, 0.5) is 42.4 Å². The zero-order valence-electron chi connectivity index (χ0n) is 27.1. The van der Waals surface area contributed by atoms with Gasteiger partial charge in [0.15, 0.2) is 5.82 Å². The smallest absolute Gasteiger partial charge is 0.351 e. The van der Waals surface area contributed by atoms with Gasteiger partial charge in [0.2, 0.25) is 12.4 Å². The standard InChI is InChI=1S/C33H30F7N5O4S3/c1-51(46,47)18-10-8-17(9-11-18)42-30-41-13-12-23(43-30)26-25(44-29(50-26)32-14-31(15-32,16-32)28(36)37)19-4-2-7-22(24(19)35)45-52(48,49)27-20(33(38,39)40)5-3-6-21(27)34/h2-7,12-13,17-18,28,45H,8-11,14-16H2,1H3,(H,41,42,43). The van der Waals surface area contributed by atoms with Crippen LogP contribution in [0, 0.1) is 17.0 Å². The Morgan fingerprint density at radius 1 is 0.923 bits per heavy atom. The van der Waals surface area contributed by atoms with Gasteiger partial charge < -0.3 is 5.32 Å². The second kappa shape index (κ2) is 12.6. The molecule has 8 rings (SSSR count). The Balaban J connectivity index is 1.24. The van der Waals surface area contributed by atoms with E-state index < -0.39 is 76.3 Å². The first kappa shape index (κ1) is 36.5. The molecule has 4 fully saturated rings. The molecule has 0 aliphatic heterocycles. The SMILES string of the molecule is CS(=O)(=O)C1CCC(Nc2nccc(-c3sc(C45CC(C(F)F)(C4)C5)nc3-c3cccc(NS(=O)(=O)c4c(F)cccc4C(F)(F)F)c3F)n2)CC1. The summed E-state index contributed by atoms with van der Waals surface area (Å²) in [5.41, 5.74) is -4.37. The summed E-state index contributed by atoms with van der Waals surface area (Å²) in [6.45, 7) is 0. The van der Waals surface area contributed by atoms with E-state index in [4.69, 9.17) is 0 Å². The van der Waals surface area contributed by atoms with Gasteiger partial charge in [0, 0.05) is 34.9 Å². The van der Waals surface area contributed by atoms with E-state index >= 15 is 4.39 Å². The number of hydrogen-bond acceptors (Lipinski definition) is 9. The molecule has 0 atom stereocenters. The fourth-order valence-corrected chi connectivity index (χ4v) is 11.3. The van der Waals surface area contributed by atoms with Crippen LogP contribution in [0.25, 0.3) is 21.8 Å². The quantitative estimate of drug-likeness (QED) is 0.156. The Labute approximate surface area is 298 Å². The normalized spacial score (nSPS) is 24.6. The number of thiazole rings is 1. The van der Waals surface area contributed by atoms with Crippen LogP contribution in [-0.4, -0.2) is 55.8 Å². The van der Waals surface area contributed by atoms with Crippen LogP contribution in [0.2, 0.25) is 0 Å². The Morgan fingerprint density at radius 3 is 2.23 bits per heavy atom. The maximum atomic E-state index is 16.4. The van der Waals surface area contributed by atoms with Crippen molar-refractivity contribution in [1.82, 2.24) is 15.0 Å². The minimum Gasteiger partial charge on any atom is -0.351 e. The minimum absolute atomic E-state index is 0.0189. The van der Waals surface area contributed by atoms with Crippen molar-refractivity contribution in [2.45, 2.75) is 79.1 Å². The van der Waals surface area contributed by atoms with Crippen LogP contribution in [0.1, 0.15) is 55.5 Å². The number of anilines is 2. The van der Waals surface area contributed by atoms with E-state index in [2.05, 4.69) is 20.3 Å². The van der Waals surface area contributed by atoms with Crippen molar-refractivity contribution in [3.63, 3.8) is 0 Å². The van der Waals surface area contributed by atoms with Gasteiger partial charge in [-0.3, -0.25) is 4.72 Å². The molecular formula is C33H30F7N5O4S3. The predicted octanol–water partition coefficient (Wildman–Crippen LogP) is 7.82. The minimum atomic E-state index is -5.33. The van der Waals surface area contributed by atoms with E-state index in [9.17, 15) is 43.2 Å². The summed E-state index contributed by atoms with van der Waals surface area (Å²) in [7, 11) is -8.52. The molecule has 2 heterocycles. The zero-order valence-corrected chi connectivity index (χ0v) is 29.6. The highest BCUT2D eigenvalue weighted by atomic mass is 32.2. The lowest BCUT2D eigenvalue weighted by atomic mass is 9.35. The molecular weight excluding hydrogens is 760 g/mol. The number of sulfonamides is 1. The van der Waals surface area contributed by atoms with Gasteiger partial charge in [-0.15, -0.1) is 11.3 Å². The zero-order chi connectivity index (χ0) is 37.4. The van der Waals surface area contributed by atoms with Crippen molar-refractivity contribution < 1.29 is 47.6 Å². The third-order valence-electron chi connectivity index (χ3n) is 10.2. The highest BCUT2D eigenvalue weighted by molar-refractivity contribution is 7.92. The summed E-state index contributed by atoms with van der Waals surface area (Å²) < 4.78 is 152. The molecule has 0 unspecified atom stereocenters. The molecule has 0 radical (unpaired) electrons. The molecule has 52 heavy (non-hydrogen) atoms. The lowest BCUT2D eigenvalue weighted by Gasteiger charge is -2.69. The third-order valence-corrected chi connectivity index (χ3v) is 14.6. The molecule has 4 aromatic rings. The van der Waals surface area contributed by atoms with Crippen molar-refractivity contribution >= 4 is 42.8 Å². The number of benzene rings is 2. The topological polar surface area (TPSA) is 131 Å². The van der Waals surface area contributed by atoms with Crippen LogP contribution in [0.5, 0.6) is 0 Å². The lowest BCUT2D eigenvalue weighted by molar-refractivity contribution is -0.221.